The summed E-state index contributed by atoms with van der Waals surface area (Å²) in [6.07, 6.45) is 1.88. The van der Waals surface area contributed by atoms with Crippen LogP contribution in [-0.2, 0) is 0 Å². The first-order valence-electron chi connectivity index (χ1n) is 3.27. The van der Waals surface area contributed by atoms with E-state index >= 15 is 0 Å². The van der Waals surface area contributed by atoms with Crippen LogP contribution < -0.4 is 0 Å². The third kappa shape index (κ3) is 1.81. The highest BCUT2D eigenvalue weighted by molar-refractivity contribution is 9.09. The van der Waals surface area contributed by atoms with Gasteiger partial charge in [0.05, 0.1) is 10.5 Å². The van der Waals surface area contributed by atoms with Gasteiger partial charge in [-0.15, -0.1) is 0 Å². The lowest BCUT2D eigenvalue weighted by molar-refractivity contribution is 1.02. The lowest BCUT2D eigenvalue weighted by Crippen LogP contribution is -1.88. The molecule has 54 valence electrons. The average Bonchev–Trinajstić information content (AvgIpc) is 1.88. The maximum atomic E-state index is 4.23. The van der Waals surface area contributed by atoms with E-state index in [9.17, 15) is 0 Å². The number of aromatic nitrogens is 1. The molecule has 0 amide bonds. The van der Waals surface area contributed by atoms with Gasteiger partial charge in [0.2, 0.25) is 0 Å². The van der Waals surface area contributed by atoms with Gasteiger partial charge in [-0.2, -0.15) is 0 Å². The molecule has 0 N–H and O–H groups in total. The van der Waals surface area contributed by atoms with Crippen molar-refractivity contribution in [3.05, 3.63) is 29.6 Å². The normalized spacial score (nSPS) is 13.1. The summed E-state index contributed by atoms with van der Waals surface area (Å²) >= 11 is 3.44. The van der Waals surface area contributed by atoms with E-state index < -0.39 is 0 Å². The van der Waals surface area contributed by atoms with Crippen LogP contribution in [0.25, 0.3) is 0 Å². The molecule has 1 unspecified atom stereocenters. The molecule has 0 aliphatic heterocycles. The molecular weight excluding hydrogens is 190 g/mol. The number of pyridine rings is 1. The Morgan fingerprint density at radius 1 is 1.50 bits per heavy atom. The molecule has 0 spiro atoms. The molecule has 0 aliphatic carbocycles. The van der Waals surface area contributed by atoms with Crippen LogP contribution in [0.2, 0.25) is 0 Å². The van der Waals surface area contributed by atoms with Crippen LogP contribution in [0.4, 0.5) is 0 Å². The van der Waals surface area contributed by atoms with Gasteiger partial charge in [-0.25, -0.2) is 0 Å². The molecule has 1 aromatic heterocycles. The van der Waals surface area contributed by atoms with Crippen LogP contribution in [0.5, 0.6) is 0 Å². The summed E-state index contributed by atoms with van der Waals surface area (Å²) in [5.74, 6) is 0. The minimum atomic E-state index is 0.355. The molecule has 0 aromatic carbocycles. The maximum Gasteiger partial charge on any atom is 0.0539 e. The summed E-state index contributed by atoms with van der Waals surface area (Å²) in [6, 6.07) is 4.11. The summed E-state index contributed by atoms with van der Waals surface area (Å²) in [5, 5.41) is 0. The quantitative estimate of drug-likeness (QED) is 0.635. The van der Waals surface area contributed by atoms with Crippen LogP contribution in [0.15, 0.2) is 18.3 Å². The number of aryl methyl sites for hydroxylation is 1. The van der Waals surface area contributed by atoms with Gasteiger partial charge < -0.3 is 0 Å². The Morgan fingerprint density at radius 2 is 2.20 bits per heavy atom. The summed E-state index contributed by atoms with van der Waals surface area (Å²) in [6.45, 7) is 4.10. The van der Waals surface area contributed by atoms with Gasteiger partial charge in [0.1, 0.15) is 0 Å². The summed E-state index contributed by atoms with van der Waals surface area (Å²) in [5.41, 5.74) is 2.29. The van der Waals surface area contributed by atoms with Crippen molar-refractivity contribution in [3.8, 4) is 0 Å². The molecule has 0 fully saturated rings. The first-order valence-corrected chi connectivity index (χ1v) is 4.18. The SMILES string of the molecule is Cc1ccc(C(C)Br)nc1. The van der Waals surface area contributed by atoms with Crippen molar-refractivity contribution in [2.75, 3.05) is 0 Å². The predicted octanol–water partition coefficient (Wildman–Crippen LogP) is 2.85. The Morgan fingerprint density at radius 3 is 2.60 bits per heavy atom. The molecule has 0 saturated heterocycles. The largest absolute Gasteiger partial charge is 0.260 e. The highest BCUT2D eigenvalue weighted by Crippen LogP contribution is 2.18. The third-order valence-electron chi connectivity index (χ3n) is 1.34. The van der Waals surface area contributed by atoms with Gasteiger partial charge in [-0.1, -0.05) is 22.0 Å². The Kier molecular flexibility index (Phi) is 2.44. The first-order chi connectivity index (χ1) is 4.70. The van der Waals surface area contributed by atoms with E-state index in [1.807, 2.05) is 19.2 Å². The predicted molar refractivity (Wildman–Crippen MR) is 46.3 cm³/mol. The smallest absolute Gasteiger partial charge is 0.0539 e. The van der Waals surface area contributed by atoms with E-state index in [4.69, 9.17) is 0 Å². The second kappa shape index (κ2) is 3.15. The highest BCUT2D eigenvalue weighted by Gasteiger charge is 1.99. The van der Waals surface area contributed by atoms with Crippen molar-refractivity contribution < 1.29 is 0 Å². The van der Waals surface area contributed by atoms with Crippen LogP contribution in [0.1, 0.15) is 23.0 Å². The number of hydrogen-bond donors (Lipinski definition) is 0. The average molecular weight is 200 g/mol. The molecule has 1 rings (SSSR count). The van der Waals surface area contributed by atoms with Crippen LogP contribution in [0, 0.1) is 6.92 Å². The van der Waals surface area contributed by atoms with Gasteiger partial charge in [-0.3, -0.25) is 4.98 Å². The number of alkyl halides is 1. The topological polar surface area (TPSA) is 12.9 Å². The second-order valence-electron chi connectivity index (χ2n) is 2.38. The minimum absolute atomic E-state index is 0.355. The van der Waals surface area contributed by atoms with Gasteiger partial charge in [0.25, 0.3) is 0 Å². The molecular formula is C8H10BrN. The van der Waals surface area contributed by atoms with Crippen LogP contribution in [0.3, 0.4) is 0 Å². The zero-order valence-corrected chi connectivity index (χ0v) is 7.72. The number of halogens is 1. The van der Waals surface area contributed by atoms with E-state index in [-0.39, 0.29) is 0 Å². The third-order valence-corrected chi connectivity index (χ3v) is 1.81. The molecule has 1 nitrogen and oxygen atoms in total. The Labute approximate surface area is 69.6 Å². The lowest BCUT2D eigenvalue weighted by atomic mass is 10.2. The monoisotopic (exact) mass is 199 g/mol. The Hall–Kier alpha value is -0.370. The van der Waals surface area contributed by atoms with Crippen molar-refractivity contribution in [2.45, 2.75) is 18.7 Å². The van der Waals surface area contributed by atoms with E-state index in [0.29, 0.717) is 4.83 Å². The zero-order chi connectivity index (χ0) is 7.56. The fraction of sp³-hybridized carbons (Fsp3) is 0.375. The van der Waals surface area contributed by atoms with Gasteiger partial charge in [0.15, 0.2) is 0 Å². The van der Waals surface area contributed by atoms with Crippen LogP contribution >= 0.6 is 15.9 Å². The fourth-order valence-corrected chi connectivity index (χ4v) is 0.985. The molecule has 0 bridgehead atoms. The molecule has 0 aliphatic rings. The van der Waals surface area contributed by atoms with Gasteiger partial charge in [-0.05, 0) is 25.5 Å². The van der Waals surface area contributed by atoms with Crippen LogP contribution in [-0.4, -0.2) is 4.98 Å². The Balaban J connectivity index is 2.89. The molecule has 2 heteroatoms. The summed E-state index contributed by atoms with van der Waals surface area (Å²) < 4.78 is 0. The van der Waals surface area contributed by atoms with Crippen molar-refractivity contribution in [1.29, 1.82) is 0 Å². The molecule has 1 atom stereocenters. The first kappa shape index (κ1) is 7.73. The van der Waals surface area contributed by atoms with Crippen molar-refractivity contribution in [2.24, 2.45) is 0 Å². The number of rotatable bonds is 1. The van der Waals surface area contributed by atoms with Crippen molar-refractivity contribution in [1.82, 2.24) is 4.98 Å². The fourth-order valence-electron chi connectivity index (χ4n) is 0.715. The summed E-state index contributed by atoms with van der Waals surface area (Å²) in [7, 11) is 0. The highest BCUT2D eigenvalue weighted by atomic mass is 79.9. The van der Waals surface area contributed by atoms with E-state index in [0.717, 1.165) is 5.69 Å². The number of hydrogen-bond acceptors (Lipinski definition) is 1. The molecule has 0 radical (unpaired) electrons. The zero-order valence-electron chi connectivity index (χ0n) is 6.13. The molecule has 10 heavy (non-hydrogen) atoms. The van der Waals surface area contributed by atoms with Crippen molar-refractivity contribution >= 4 is 15.9 Å². The second-order valence-corrected chi connectivity index (χ2v) is 3.75. The number of nitrogens with zero attached hydrogens (tertiary/aromatic N) is 1. The molecule has 1 aromatic rings. The maximum absolute atomic E-state index is 4.23. The van der Waals surface area contributed by atoms with E-state index in [1.54, 1.807) is 0 Å². The van der Waals surface area contributed by atoms with E-state index in [2.05, 4.69) is 33.9 Å². The van der Waals surface area contributed by atoms with E-state index in [1.165, 1.54) is 5.56 Å². The summed E-state index contributed by atoms with van der Waals surface area (Å²) in [4.78, 5) is 4.59. The van der Waals surface area contributed by atoms with Crippen molar-refractivity contribution in [3.63, 3.8) is 0 Å². The standard InChI is InChI=1S/C8H10BrN/c1-6-3-4-8(7(2)9)10-5-6/h3-5,7H,1-2H3. The van der Waals surface area contributed by atoms with Gasteiger partial charge >= 0.3 is 0 Å². The lowest BCUT2D eigenvalue weighted by Gasteiger charge is -2.00. The minimum Gasteiger partial charge on any atom is -0.260 e. The molecule has 1 heterocycles. The molecule has 0 saturated carbocycles. The van der Waals surface area contributed by atoms with Gasteiger partial charge in [0, 0.05) is 6.20 Å². The Bertz CT molecular complexity index is 203.